The Bertz CT molecular complexity index is 968. The van der Waals surface area contributed by atoms with Gasteiger partial charge in [-0.2, -0.15) is 5.26 Å². The van der Waals surface area contributed by atoms with Gasteiger partial charge in [-0.1, -0.05) is 18.2 Å². The van der Waals surface area contributed by atoms with Gasteiger partial charge in [-0.3, -0.25) is 14.4 Å². The number of carbonyl (C=O) groups is 3. The zero-order valence-electron chi connectivity index (χ0n) is 14.1. The average Bonchev–Trinajstić information content (AvgIpc) is 2.97. The van der Waals surface area contributed by atoms with Gasteiger partial charge in [-0.05, 0) is 36.2 Å². The van der Waals surface area contributed by atoms with Crippen molar-refractivity contribution in [1.29, 1.82) is 5.26 Å². The zero-order valence-corrected chi connectivity index (χ0v) is 14.1. The van der Waals surface area contributed by atoms with Crippen LogP contribution in [0.1, 0.15) is 23.5 Å². The Morgan fingerprint density at radius 2 is 1.96 bits per heavy atom. The maximum atomic E-state index is 13.5. The van der Waals surface area contributed by atoms with E-state index in [1.165, 1.54) is 12.1 Å². The van der Waals surface area contributed by atoms with E-state index in [9.17, 15) is 18.8 Å². The lowest BCUT2D eigenvalue weighted by Crippen LogP contribution is -2.36. The summed E-state index contributed by atoms with van der Waals surface area (Å²) < 4.78 is 13.5. The van der Waals surface area contributed by atoms with Gasteiger partial charge in [0.25, 0.3) is 0 Å². The number of hydrogen-bond donors (Lipinski definition) is 3. The number of anilines is 2. The lowest BCUT2D eigenvalue weighted by molar-refractivity contribution is -0.136. The van der Waals surface area contributed by atoms with Gasteiger partial charge in [-0.15, -0.1) is 0 Å². The van der Waals surface area contributed by atoms with Gasteiger partial charge < -0.3 is 16.0 Å². The third-order valence-electron chi connectivity index (χ3n) is 4.18. The fraction of sp³-hybridized carbons (Fsp3) is 0.158. The molecule has 3 amide bonds. The topological polar surface area (TPSA) is 111 Å². The molecule has 0 bridgehead atoms. The number of nitriles is 1. The van der Waals surface area contributed by atoms with Crippen LogP contribution in [-0.4, -0.2) is 24.3 Å². The summed E-state index contributed by atoms with van der Waals surface area (Å²) in [5.74, 6) is -3.19. The molecule has 1 atom stereocenters. The lowest BCUT2D eigenvalue weighted by atomic mass is 9.97. The quantitative estimate of drug-likeness (QED) is 0.717. The summed E-state index contributed by atoms with van der Waals surface area (Å²) in [5, 5.41) is 16.1. The summed E-state index contributed by atoms with van der Waals surface area (Å²) in [6.45, 7) is 0.125. The number of para-hydroxylation sites is 1. The molecule has 0 aliphatic carbocycles. The molecule has 1 unspecified atom stereocenters. The molecule has 8 heteroatoms. The van der Waals surface area contributed by atoms with Crippen LogP contribution in [0.3, 0.4) is 0 Å². The molecular weight excluding hydrogens is 351 g/mol. The van der Waals surface area contributed by atoms with Gasteiger partial charge in [-0.25, -0.2) is 4.39 Å². The Balaban J connectivity index is 1.52. The van der Waals surface area contributed by atoms with E-state index in [-0.39, 0.29) is 23.7 Å². The van der Waals surface area contributed by atoms with E-state index >= 15 is 0 Å². The molecule has 2 aromatic rings. The molecule has 0 saturated carbocycles. The summed E-state index contributed by atoms with van der Waals surface area (Å²) in [7, 11) is 0. The molecule has 1 heterocycles. The van der Waals surface area contributed by atoms with Crippen molar-refractivity contribution < 1.29 is 18.8 Å². The highest BCUT2D eigenvalue weighted by Gasteiger charge is 2.29. The van der Waals surface area contributed by atoms with Crippen LogP contribution in [0.15, 0.2) is 42.5 Å². The Labute approximate surface area is 154 Å². The second-order valence-electron chi connectivity index (χ2n) is 5.93. The normalized spacial score (nSPS) is 14.7. The minimum atomic E-state index is -0.963. The summed E-state index contributed by atoms with van der Waals surface area (Å²) in [5.41, 5.74) is 1.51. The first kappa shape index (κ1) is 18.1. The first-order chi connectivity index (χ1) is 13.0. The molecule has 136 valence electrons. The van der Waals surface area contributed by atoms with Crippen molar-refractivity contribution in [2.75, 3.05) is 17.2 Å². The predicted molar refractivity (Wildman–Crippen MR) is 95.2 cm³/mol. The molecule has 27 heavy (non-hydrogen) atoms. The molecule has 0 spiro atoms. The molecule has 0 radical (unpaired) electrons. The van der Waals surface area contributed by atoms with Gasteiger partial charge in [0, 0.05) is 17.9 Å². The number of hydrogen-bond acceptors (Lipinski definition) is 4. The van der Waals surface area contributed by atoms with E-state index < -0.39 is 23.5 Å². The zero-order chi connectivity index (χ0) is 19.4. The predicted octanol–water partition coefficient (Wildman–Crippen LogP) is 1.88. The number of rotatable bonds is 4. The Kier molecular flexibility index (Phi) is 5.13. The molecule has 1 aliphatic heterocycles. The van der Waals surface area contributed by atoms with Crippen LogP contribution in [0.25, 0.3) is 0 Å². The van der Waals surface area contributed by atoms with Crippen LogP contribution >= 0.6 is 0 Å². The van der Waals surface area contributed by atoms with E-state index in [2.05, 4.69) is 16.0 Å². The summed E-state index contributed by atoms with van der Waals surface area (Å²) in [6, 6.07) is 12.4. The third kappa shape index (κ3) is 3.93. The van der Waals surface area contributed by atoms with Gasteiger partial charge >= 0.3 is 11.8 Å². The first-order valence-electron chi connectivity index (χ1n) is 8.18. The van der Waals surface area contributed by atoms with Gasteiger partial charge in [0.1, 0.15) is 11.9 Å². The van der Waals surface area contributed by atoms with Crippen molar-refractivity contribution in [2.24, 2.45) is 0 Å². The van der Waals surface area contributed by atoms with Crippen molar-refractivity contribution in [3.63, 3.8) is 0 Å². The summed E-state index contributed by atoms with van der Waals surface area (Å²) in [4.78, 5) is 35.8. The average molecular weight is 366 g/mol. The summed E-state index contributed by atoms with van der Waals surface area (Å²) >= 11 is 0. The molecule has 7 nitrogen and oxygen atoms in total. The minimum Gasteiger partial charge on any atom is -0.348 e. The standard InChI is InChI=1S/C19H15FN4O3/c20-15-9-12(6-5-11(15)10-21)23-19(27)18(26)22-8-7-14-13-3-1-2-4-16(13)24-17(14)25/h1-6,9,14H,7-8H2,(H,22,26)(H,23,27)(H,24,25). The van der Waals surface area contributed by atoms with Crippen molar-refractivity contribution >= 4 is 29.1 Å². The van der Waals surface area contributed by atoms with Crippen LogP contribution in [-0.2, 0) is 14.4 Å². The van der Waals surface area contributed by atoms with Crippen LogP contribution in [0.5, 0.6) is 0 Å². The number of halogens is 1. The highest BCUT2D eigenvalue weighted by molar-refractivity contribution is 6.39. The second-order valence-corrected chi connectivity index (χ2v) is 5.93. The molecule has 0 fully saturated rings. The van der Waals surface area contributed by atoms with Crippen LogP contribution in [0, 0.1) is 17.1 Å². The number of carbonyl (C=O) groups excluding carboxylic acids is 3. The third-order valence-corrected chi connectivity index (χ3v) is 4.18. The number of benzene rings is 2. The molecule has 0 aromatic heterocycles. The van der Waals surface area contributed by atoms with E-state index in [1.54, 1.807) is 12.1 Å². The summed E-state index contributed by atoms with van der Waals surface area (Å²) in [6.07, 6.45) is 0.341. The fourth-order valence-corrected chi connectivity index (χ4v) is 2.84. The highest BCUT2D eigenvalue weighted by atomic mass is 19.1. The lowest BCUT2D eigenvalue weighted by Gasteiger charge is -2.10. The van der Waals surface area contributed by atoms with Crippen molar-refractivity contribution in [3.8, 4) is 6.07 Å². The molecule has 3 N–H and O–H groups in total. The second kappa shape index (κ2) is 7.66. The molecule has 1 aliphatic rings. The van der Waals surface area contributed by atoms with Gasteiger partial charge in [0.2, 0.25) is 5.91 Å². The van der Waals surface area contributed by atoms with Crippen molar-refractivity contribution in [3.05, 3.63) is 59.4 Å². The van der Waals surface area contributed by atoms with Crippen LogP contribution in [0.2, 0.25) is 0 Å². The first-order valence-corrected chi connectivity index (χ1v) is 8.18. The van der Waals surface area contributed by atoms with Gasteiger partial charge in [0.15, 0.2) is 0 Å². The van der Waals surface area contributed by atoms with Crippen molar-refractivity contribution in [1.82, 2.24) is 5.32 Å². The minimum absolute atomic E-state index is 0.0655. The maximum absolute atomic E-state index is 13.5. The number of amides is 3. The Morgan fingerprint density at radius 1 is 1.19 bits per heavy atom. The highest BCUT2D eigenvalue weighted by Crippen LogP contribution is 2.33. The number of nitrogens with zero attached hydrogens (tertiary/aromatic N) is 1. The van der Waals surface area contributed by atoms with E-state index in [1.807, 2.05) is 18.2 Å². The molecule has 2 aromatic carbocycles. The largest absolute Gasteiger partial charge is 0.348 e. The fourth-order valence-electron chi connectivity index (χ4n) is 2.84. The maximum Gasteiger partial charge on any atom is 0.313 e. The molecule has 0 saturated heterocycles. The Hall–Kier alpha value is -3.73. The number of nitrogens with one attached hydrogen (secondary N) is 3. The van der Waals surface area contributed by atoms with Crippen LogP contribution in [0.4, 0.5) is 15.8 Å². The monoisotopic (exact) mass is 366 g/mol. The molecule has 3 rings (SSSR count). The van der Waals surface area contributed by atoms with E-state index in [0.29, 0.717) is 6.42 Å². The van der Waals surface area contributed by atoms with E-state index in [0.717, 1.165) is 17.3 Å². The number of fused-ring (bicyclic) bond motifs is 1. The SMILES string of the molecule is N#Cc1ccc(NC(=O)C(=O)NCCC2C(=O)Nc3ccccc32)cc1F. The van der Waals surface area contributed by atoms with Crippen molar-refractivity contribution in [2.45, 2.75) is 12.3 Å². The van der Waals surface area contributed by atoms with Gasteiger partial charge in [0.05, 0.1) is 11.5 Å². The Morgan fingerprint density at radius 3 is 2.70 bits per heavy atom. The van der Waals surface area contributed by atoms with Crippen LogP contribution < -0.4 is 16.0 Å². The van der Waals surface area contributed by atoms with E-state index in [4.69, 9.17) is 5.26 Å². The molecular formula is C19H15FN4O3. The smallest absolute Gasteiger partial charge is 0.313 e.